The van der Waals surface area contributed by atoms with E-state index in [0.717, 1.165) is 5.56 Å². The van der Waals surface area contributed by atoms with Crippen LogP contribution in [0.2, 0.25) is 0 Å². The molecule has 1 aromatic rings. The second-order valence-corrected chi connectivity index (χ2v) is 2.99. The van der Waals surface area contributed by atoms with Crippen molar-refractivity contribution >= 4 is 11.9 Å². The summed E-state index contributed by atoms with van der Waals surface area (Å²) in [4.78, 5) is 21.8. The molecule has 4 nitrogen and oxygen atoms in total. The largest absolute Gasteiger partial charge is 0.457 e. The Morgan fingerprint density at radius 3 is 3.00 bits per heavy atom. The van der Waals surface area contributed by atoms with Crippen LogP contribution < -0.4 is 4.74 Å². The molecule has 0 N–H and O–H groups in total. The van der Waals surface area contributed by atoms with Gasteiger partial charge in [0.15, 0.2) is 0 Å². The lowest BCUT2D eigenvalue weighted by molar-refractivity contribution is -0.131. The van der Waals surface area contributed by atoms with Crippen molar-refractivity contribution in [3.63, 3.8) is 0 Å². The normalized spacial score (nSPS) is 13.4. The number of hydrogen-bond acceptors (Lipinski definition) is 4. The fourth-order valence-corrected chi connectivity index (χ4v) is 1.32. The van der Waals surface area contributed by atoms with Crippen molar-refractivity contribution < 1.29 is 19.1 Å². The average Bonchev–Trinajstić information content (AvgIpc) is 2.47. The number of carbonyl (C=O) groups is 2. The Bertz CT molecular complexity index is 409. The molecule has 1 aliphatic rings. The van der Waals surface area contributed by atoms with Crippen LogP contribution in [0.15, 0.2) is 18.2 Å². The summed E-state index contributed by atoms with van der Waals surface area (Å²) in [5.74, 6) is -0.402. The lowest BCUT2D eigenvalue weighted by Gasteiger charge is -2.01. The van der Waals surface area contributed by atoms with Gasteiger partial charge < -0.3 is 9.47 Å². The van der Waals surface area contributed by atoms with Crippen LogP contribution in [0.1, 0.15) is 22.8 Å². The number of benzene rings is 1. The number of rotatable bonds is 1. The molecule has 1 aromatic carbocycles. The predicted octanol–water partition coefficient (Wildman–Crippen LogP) is 1.28. The minimum Gasteiger partial charge on any atom is -0.457 e. The maximum absolute atomic E-state index is 11.1. The van der Waals surface area contributed by atoms with Crippen molar-refractivity contribution in [2.45, 2.75) is 13.5 Å². The maximum atomic E-state index is 11.1. The number of hydrogen-bond donors (Lipinski definition) is 0. The van der Waals surface area contributed by atoms with E-state index in [1.54, 1.807) is 12.1 Å². The van der Waals surface area contributed by atoms with E-state index in [9.17, 15) is 9.59 Å². The molecule has 0 aromatic heterocycles. The predicted molar refractivity (Wildman–Crippen MR) is 46.9 cm³/mol. The first kappa shape index (κ1) is 8.74. The van der Waals surface area contributed by atoms with Gasteiger partial charge in [-0.1, -0.05) is 6.07 Å². The standard InChI is InChI=1S/C10H8O4/c1-6(11)14-8-3-2-7-5-13-10(12)9(7)4-8/h2-4H,5H2,1H3. The maximum Gasteiger partial charge on any atom is 0.339 e. The molecule has 0 aliphatic carbocycles. The van der Waals surface area contributed by atoms with Gasteiger partial charge in [-0.05, 0) is 12.1 Å². The van der Waals surface area contributed by atoms with Gasteiger partial charge in [0.2, 0.25) is 0 Å². The van der Waals surface area contributed by atoms with Crippen LogP contribution >= 0.6 is 0 Å². The minimum atomic E-state index is -0.406. The van der Waals surface area contributed by atoms with Crippen molar-refractivity contribution in [2.75, 3.05) is 0 Å². The van der Waals surface area contributed by atoms with Gasteiger partial charge in [0.1, 0.15) is 12.4 Å². The van der Waals surface area contributed by atoms with Gasteiger partial charge in [-0.2, -0.15) is 0 Å². The number of esters is 2. The van der Waals surface area contributed by atoms with Crippen LogP contribution in [-0.4, -0.2) is 11.9 Å². The van der Waals surface area contributed by atoms with E-state index in [1.165, 1.54) is 13.0 Å². The van der Waals surface area contributed by atoms with Crippen molar-refractivity contribution in [1.82, 2.24) is 0 Å². The summed E-state index contributed by atoms with van der Waals surface area (Å²) < 4.78 is 9.64. The van der Waals surface area contributed by atoms with E-state index in [1.807, 2.05) is 0 Å². The lowest BCUT2D eigenvalue weighted by atomic mass is 10.1. The van der Waals surface area contributed by atoms with E-state index < -0.39 is 5.97 Å². The van der Waals surface area contributed by atoms with Crippen LogP contribution in [0.5, 0.6) is 5.75 Å². The Balaban J connectivity index is 2.35. The lowest BCUT2D eigenvalue weighted by Crippen LogP contribution is -2.02. The highest BCUT2D eigenvalue weighted by molar-refractivity contribution is 5.93. The van der Waals surface area contributed by atoms with E-state index >= 15 is 0 Å². The highest BCUT2D eigenvalue weighted by atomic mass is 16.5. The smallest absolute Gasteiger partial charge is 0.339 e. The molecule has 0 fully saturated rings. The first-order valence-corrected chi connectivity index (χ1v) is 4.15. The summed E-state index contributed by atoms with van der Waals surface area (Å²) in [7, 11) is 0. The zero-order valence-electron chi connectivity index (χ0n) is 7.57. The third-order valence-electron chi connectivity index (χ3n) is 1.92. The van der Waals surface area contributed by atoms with Gasteiger partial charge in [-0.25, -0.2) is 4.79 Å². The minimum absolute atomic E-state index is 0.300. The summed E-state index contributed by atoms with van der Waals surface area (Å²) in [5.41, 5.74) is 1.30. The van der Waals surface area contributed by atoms with E-state index in [0.29, 0.717) is 17.9 Å². The Labute approximate surface area is 80.4 Å². The highest BCUT2D eigenvalue weighted by Crippen LogP contribution is 2.24. The van der Waals surface area contributed by atoms with Gasteiger partial charge in [0, 0.05) is 12.5 Å². The van der Waals surface area contributed by atoms with Gasteiger partial charge >= 0.3 is 11.9 Å². The average molecular weight is 192 g/mol. The molecule has 0 bridgehead atoms. The SMILES string of the molecule is CC(=O)Oc1ccc2c(c1)C(=O)OC2. The molecule has 0 amide bonds. The summed E-state index contributed by atoms with van der Waals surface area (Å²) in [6, 6.07) is 4.88. The fourth-order valence-electron chi connectivity index (χ4n) is 1.32. The molecular formula is C10H8O4. The van der Waals surface area contributed by atoms with Crippen LogP contribution in [0.3, 0.4) is 0 Å². The zero-order chi connectivity index (χ0) is 10.1. The summed E-state index contributed by atoms with van der Waals surface area (Å²) >= 11 is 0. The molecule has 0 saturated heterocycles. The van der Waals surface area contributed by atoms with E-state index in [4.69, 9.17) is 9.47 Å². The van der Waals surface area contributed by atoms with Crippen LogP contribution in [0.4, 0.5) is 0 Å². The number of fused-ring (bicyclic) bond motifs is 1. The van der Waals surface area contributed by atoms with Crippen molar-refractivity contribution in [2.24, 2.45) is 0 Å². The van der Waals surface area contributed by atoms with E-state index in [-0.39, 0.29) is 5.97 Å². The highest BCUT2D eigenvalue weighted by Gasteiger charge is 2.21. The van der Waals surface area contributed by atoms with Crippen molar-refractivity contribution in [3.05, 3.63) is 29.3 Å². The molecule has 1 heterocycles. The molecule has 4 heteroatoms. The summed E-state index contributed by atoms with van der Waals surface area (Å²) in [6.45, 7) is 1.61. The second kappa shape index (κ2) is 3.14. The number of ether oxygens (including phenoxy) is 2. The Kier molecular flexibility index (Phi) is 1.96. The summed E-state index contributed by atoms with van der Waals surface area (Å²) in [5, 5.41) is 0. The molecule has 0 saturated carbocycles. The van der Waals surface area contributed by atoms with Gasteiger partial charge in [0.25, 0.3) is 0 Å². The Morgan fingerprint density at radius 2 is 2.29 bits per heavy atom. The van der Waals surface area contributed by atoms with Gasteiger partial charge in [-0.15, -0.1) is 0 Å². The van der Waals surface area contributed by atoms with Crippen LogP contribution in [0.25, 0.3) is 0 Å². The quantitative estimate of drug-likeness (QED) is 0.496. The molecule has 0 unspecified atom stereocenters. The third-order valence-corrected chi connectivity index (χ3v) is 1.92. The molecule has 72 valence electrons. The van der Waals surface area contributed by atoms with Gasteiger partial charge in [-0.3, -0.25) is 4.79 Å². The van der Waals surface area contributed by atoms with E-state index in [2.05, 4.69) is 0 Å². The summed E-state index contributed by atoms with van der Waals surface area (Å²) in [6.07, 6.45) is 0. The Morgan fingerprint density at radius 1 is 1.50 bits per heavy atom. The molecule has 14 heavy (non-hydrogen) atoms. The third kappa shape index (κ3) is 1.46. The van der Waals surface area contributed by atoms with Crippen LogP contribution in [0, 0.1) is 0 Å². The van der Waals surface area contributed by atoms with Crippen molar-refractivity contribution in [3.8, 4) is 5.75 Å². The monoisotopic (exact) mass is 192 g/mol. The van der Waals surface area contributed by atoms with Crippen molar-refractivity contribution in [1.29, 1.82) is 0 Å². The van der Waals surface area contributed by atoms with Gasteiger partial charge in [0.05, 0.1) is 5.56 Å². The molecule has 0 spiro atoms. The molecule has 2 rings (SSSR count). The number of carbonyl (C=O) groups excluding carboxylic acids is 2. The fraction of sp³-hybridized carbons (Fsp3) is 0.200. The molecule has 0 radical (unpaired) electrons. The zero-order valence-corrected chi connectivity index (χ0v) is 7.57. The first-order valence-electron chi connectivity index (χ1n) is 4.15. The van der Waals surface area contributed by atoms with Crippen LogP contribution in [-0.2, 0) is 16.1 Å². The first-order chi connectivity index (χ1) is 6.66. The Hall–Kier alpha value is -1.84. The molecule has 1 aliphatic heterocycles. The molecule has 0 atom stereocenters. The second-order valence-electron chi connectivity index (χ2n) is 2.99. The number of cyclic esters (lactones) is 1. The molecular weight excluding hydrogens is 184 g/mol. The topological polar surface area (TPSA) is 52.6 Å².